The molecular weight excluding hydrogens is 379 g/mol. The fourth-order valence-corrected chi connectivity index (χ4v) is 3.48. The van der Waals surface area contributed by atoms with Gasteiger partial charge in [-0.1, -0.05) is 31.2 Å². The van der Waals surface area contributed by atoms with Gasteiger partial charge in [-0.25, -0.2) is 9.37 Å². The molecule has 1 N–H and O–H groups in total. The summed E-state index contributed by atoms with van der Waals surface area (Å²) in [5.74, 6) is 0.561. The Morgan fingerprint density at radius 1 is 1.18 bits per heavy atom. The molecule has 0 bridgehead atoms. The summed E-state index contributed by atoms with van der Waals surface area (Å²) in [6, 6.07) is 13.5. The molecule has 0 aliphatic heterocycles. The van der Waals surface area contributed by atoms with Crippen molar-refractivity contribution in [3.8, 4) is 11.5 Å². The van der Waals surface area contributed by atoms with E-state index in [-0.39, 0.29) is 11.7 Å². The molecule has 0 aliphatic carbocycles. The zero-order valence-corrected chi connectivity index (χ0v) is 16.5. The van der Waals surface area contributed by atoms with E-state index < -0.39 is 6.10 Å². The lowest BCUT2D eigenvalue weighted by molar-refractivity contribution is -0.122. The van der Waals surface area contributed by atoms with Gasteiger partial charge in [0.05, 0.1) is 7.11 Å². The van der Waals surface area contributed by atoms with Crippen LogP contribution < -0.4 is 14.8 Å². The highest BCUT2D eigenvalue weighted by atomic mass is 32.1. The third kappa shape index (κ3) is 5.07. The van der Waals surface area contributed by atoms with E-state index in [0.717, 1.165) is 10.4 Å². The van der Waals surface area contributed by atoms with Crippen molar-refractivity contribution in [2.75, 3.05) is 12.4 Å². The maximum Gasteiger partial charge on any atom is 0.267 e. The van der Waals surface area contributed by atoms with Gasteiger partial charge in [-0.15, -0.1) is 11.3 Å². The molecule has 3 aromatic rings. The number of amides is 1. The molecule has 146 valence electrons. The zero-order valence-electron chi connectivity index (χ0n) is 15.6. The number of methoxy groups -OCH3 is 1. The zero-order chi connectivity index (χ0) is 19.9. The summed E-state index contributed by atoms with van der Waals surface area (Å²) in [6.07, 6.45) is 2.17. The molecule has 28 heavy (non-hydrogen) atoms. The van der Waals surface area contributed by atoms with Crippen molar-refractivity contribution >= 4 is 22.4 Å². The van der Waals surface area contributed by atoms with E-state index in [1.54, 1.807) is 37.6 Å². The van der Waals surface area contributed by atoms with Gasteiger partial charge in [-0.05, 0) is 36.2 Å². The first kappa shape index (κ1) is 19.8. The number of para-hydroxylation sites is 2. The summed E-state index contributed by atoms with van der Waals surface area (Å²) in [5, 5.41) is 3.31. The number of rotatable bonds is 8. The first-order valence-electron chi connectivity index (χ1n) is 8.88. The van der Waals surface area contributed by atoms with Crippen molar-refractivity contribution in [1.82, 2.24) is 4.98 Å². The second-order valence-corrected chi connectivity index (χ2v) is 7.21. The summed E-state index contributed by atoms with van der Waals surface area (Å²) in [4.78, 5) is 17.8. The van der Waals surface area contributed by atoms with Crippen LogP contribution in [0.25, 0.3) is 0 Å². The lowest BCUT2D eigenvalue weighted by Gasteiger charge is -2.18. The topological polar surface area (TPSA) is 60.5 Å². The summed E-state index contributed by atoms with van der Waals surface area (Å²) < 4.78 is 24.1. The number of aromatic nitrogens is 1. The minimum Gasteiger partial charge on any atom is -0.493 e. The average Bonchev–Trinajstić information content (AvgIpc) is 3.14. The number of benzene rings is 2. The number of hydrogen-bond donors (Lipinski definition) is 1. The van der Waals surface area contributed by atoms with Crippen molar-refractivity contribution in [3.05, 3.63) is 71.0 Å². The van der Waals surface area contributed by atoms with Crippen molar-refractivity contribution in [1.29, 1.82) is 0 Å². The first-order chi connectivity index (χ1) is 13.6. The maximum absolute atomic E-state index is 13.0. The summed E-state index contributed by atoms with van der Waals surface area (Å²) >= 11 is 1.39. The molecule has 1 heterocycles. The third-order valence-corrected chi connectivity index (χ3v) is 4.99. The number of halogens is 1. The molecule has 0 aliphatic rings. The number of anilines is 1. The quantitative estimate of drug-likeness (QED) is 0.597. The molecule has 1 aromatic heterocycles. The molecule has 5 nitrogen and oxygen atoms in total. The monoisotopic (exact) mass is 400 g/mol. The van der Waals surface area contributed by atoms with E-state index >= 15 is 0 Å². The Kier molecular flexibility index (Phi) is 6.60. The van der Waals surface area contributed by atoms with Gasteiger partial charge in [0.1, 0.15) is 5.82 Å². The molecule has 0 spiro atoms. The van der Waals surface area contributed by atoms with Crippen LogP contribution >= 0.6 is 11.3 Å². The smallest absolute Gasteiger partial charge is 0.267 e. The van der Waals surface area contributed by atoms with E-state index in [2.05, 4.69) is 10.3 Å². The first-order valence-corrected chi connectivity index (χ1v) is 9.70. The standard InChI is InChI=1S/C21H21FN2O3S/c1-3-17(27-19-7-5-4-6-18(19)26-2)20(25)24-21-23-13-16(28-21)12-14-8-10-15(22)11-9-14/h4-11,13,17H,3,12H2,1-2H3,(H,23,24,25). The number of carbonyl (C=O) groups excluding carboxylic acids is 1. The Morgan fingerprint density at radius 3 is 2.57 bits per heavy atom. The van der Waals surface area contributed by atoms with Crippen LogP contribution in [0.5, 0.6) is 11.5 Å². The van der Waals surface area contributed by atoms with Gasteiger partial charge >= 0.3 is 0 Å². The highest BCUT2D eigenvalue weighted by molar-refractivity contribution is 7.15. The fraction of sp³-hybridized carbons (Fsp3) is 0.238. The van der Waals surface area contributed by atoms with E-state index in [9.17, 15) is 9.18 Å². The minimum atomic E-state index is -0.666. The SMILES string of the molecule is CCC(Oc1ccccc1OC)C(=O)Nc1ncc(Cc2ccc(F)cc2)s1. The average molecular weight is 400 g/mol. The van der Waals surface area contributed by atoms with Crippen LogP contribution in [0.15, 0.2) is 54.7 Å². The highest BCUT2D eigenvalue weighted by Gasteiger charge is 2.21. The predicted molar refractivity (Wildman–Crippen MR) is 108 cm³/mol. The van der Waals surface area contributed by atoms with Crippen LogP contribution in [0, 0.1) is 5.82 Å². The molecule has 3 rings (SSSR count). The second-order valence-electron chi connectivity index (χ2n) is 6.09. The van der Waals surface area contributed by atoms with Crippen molar-refractivity contribution in [2.24, 2.45) is 0 Å². The van der Waals surface area contributed by atoms with Gasteiger partial charge in [0, 0.05) is 17.5 Å². The lowest BCUT2D eigenvalue weighted by atomic mass is 10.1. The number of carbonyl (C=O) groups is 1. The van der Waals surface area contributed by atoms with Crippen molar-refractivity contribution < 1.29 is 18.7 Å². The number of hydrogen-bond acceptors (Lipinski definition) is 5. The van der Waals surface area contributed by atoms with Gasteiger partial charge in [0.15, 0.2) is 22.7 Å². The highest BCUT2D eigenvalue weighted by Crippen LogP contribution is 2.28. The predicted octanol–water partition coefficient (Wildman–Crippen LogP) is 4.68. The molecule has 1 atom stereocenters. The van der Waals surface area contributed by atoms with E-state index in [1.165, 1.54) is 23.5 Å². The van der Waals surface area contributed by atoms with Crippen molar-refractivity contribution in [2.45, 2.75) is 25.9 Å². The molecule has 7 heteroatoms. The van der Waals surface area contributed by atoms with Crippen LogP contribution in [-0.2, 0) is 11.2 Å². The third-order valence-electron chi connectivity index (χ3n) is 4.08. The molecule has 0 saturated carbocycles. The summed E-state index contributed by atoms with van der Waals surface area (Å²) in [6.45, 7) is 1.88. The van der Waals surface area contributed by atoms with Crippen LogP contribution in [0.2, 0.25) is 0 Å². The summed E-state index contributed by atoms with van der Waals surface area (Å²) in [7, 11) is 1.56. The number of nitrogens with zero attached hydrogens (tertiary/aromatic N) is 1. The Balaban J connectivity index is 1.63. The van der Waals surface area contributed by atoms with E-state index in [4.69, 9.17) is 9.47 Å². The van der Waals surface area contributed by atoms with Gasteiger partial charge in [0.25, 0.3) is 5.91 Å². The van der Waals surface area contributed by atoms with Crippen LogP contribution in [0.4, 0.5) is 9.52 Å². The number of nitrogens with one attached hydrogen (secondary N) is 1. The fourth-order valence-electron chi connectivity index (χ4n) is 2.63. The van der Waals surface area contributed by atoms with Gasteiger partial charge in [0.2, 0.25) is 0 Å². The molecule has 0 radical (unpaired) electrons. The van der Waals surface area contributed by atoms with Gasteiger partial charge in [-0.2, -0.15) is 0 Å². The summed E-state index contributed by atoms with van der Waals surface area (Å²) in [5.41, 5.74) is 0.980. The number of thiazole rings is 1. The Morgan fingerprint density at radius 2 is 1.89 bits per heavy atom. The second kappa shape index (κ2) is 9.32. The van der Waals surface area contributed by atoms with Crippen LogP contribution in [-0.4, -0.2) is 24.1 Å². The number of ether oxygens (including phenoxy) is 2. The Hall–Kier alpha value is -2.93. The molecule has 2 aromatic carbocycles. The maximum atomic E-state index is 13.0. The molecule has 0 fully saturated rings. The van der Waals surface area contributed by atoms with Gasteiger partial charge in [-0.3, -0.25) is 10.1 Å². The minimum absolute atomic E-state index is 0.262. The largest absolute Gasteiger partial charge is 0.493 e. The van der Waals surface area contributed by atoms with Crippen LogP contribution in [0.1, 0.15) is 23.8 Å². The van der Waals surface area contributed by atoms with E-state index in [1.807, 2.05) is 19.1 Å². The molecular formula is C21H21FN2O3S. The van der Waals surface area contributed by atoms with Gasteiger partial charge < -0.3 is 9.47 Å². The molecule has 0 saturated heterocycles. The normalized spacial score (nSPS) is 11.7. The van der Waals surface area contributed by atoms with Crippen LogP contribution in [0.3, 0.4) is 0 Å². The van der Waals surface area contributed by atoms with E-state index in [0.29, 0.717) is 29.5 Å². The lowest BCUT2D eigenvalue weighted by Crippen LogP contribution is -2.32. The Bertz CT molecular complexity index is 927. The molecule has 1 amide bonds. The van der Waals surface area contributed by atoms with Crippen molar-refractivity contribution in [3.63, 3.8) is 0 Å². The Labute approximate surface area is 167 Å². The molecule has 1 unspecified atom stereocenters.